The Kier molecular flexibility index (Phi) is 6.48. The normalized spacial score (nSPS) is 13.8. The summed E-state index contributed by atoms with van der Waals surface area (Å²) >= 11 is 0. The Balaban J connectivity index is 1.73. The fourth-order valence-corrected chi connectivity index (χ4v) is 3.10. The topological polar surface area (TPSA) is 108 Å². The molecule has 3 rings (SSSR count). The van der Waals surface area contributed by atoms with Gasteiger partial charge in [0.1, 0.15) is 0 Å². The molecule has 0 unspecified atom stereocenters. The van der Waals surface area contributed by atoms with Crippen LogP contribution in [0.15, 0.2) is 22.7 Å². The SMILES string of the molecule is CCOc1cc(/C=C/c2onc(C)c2[N+](=O)[O-])ccc1OCC(=O)N1CCCC1. The van der Waals surface area contributed by atoms with Gasteiger partial charge in [0.2, 0.25) is 5.76 Å². The van der Waals surface area contributed by atoms with Gasteiger partial charge in [0.25, 0.3) is 5.91 Å². The molecule has 1 saturated heterocycles. The molecular formula is C20H23N3O6. The zero-order valence-corrected chi connectivity index (χ0v) is 16.4. The molecule has 1 amide bonds. The second-order valence-electron chi connectivity index (χ2n) is 6.59. The van der Waals surface area contributed by atoms with Crippen molar-refractivity contribution in [2.75, 3.05) is 26.3 Å². The van der Waals surface area contributed by atoms with Crippen molar-refractivity contribution >= 4 is 23.7 Å². The molecule has 0 N–H and O–H groups in total. The van der Waals surface area contributed by atoms with Crippen molar-refractivity contribution in [3.63, 3.8) is 0 Å². The molecule has 1 fully saturated rings. The lowest BCUT2D eigenvalue weighted by Gasteiger charge is -2.17. The minimum atomic E-state index is -0.522. The molecule has 1 aliphatic heterocycles. The van der Waals surface area contributed by atoms with Crippen molar-refractivity contribution in [2.45, 2.75) is 26.7 Å². The Bertz CT molecular complexity index is 915. The first-order valence-electron chi connectivity index (χ1n) is 9.45. The van der Waals surface area contributed by atoms with E-state index in [4.69, 9.17) is 14.0 Å². The van der Waals surface area contributed by atoms with E-state index >= 15 is 0 Å². The average Bonchev–Trinajstić information content (AvgIpc) is 3.35. The summed E-state index contributed by atoms with van der Waals surface area (Å²) in [5, 5.41) is 14.8. The highest BCUT2D eigenvalue weighted by atomic mass is 16.6. The predicted molar refractivity (Wildman–Crippen MR) is 106 cm³/mol. The summed E-state index contributed by atoms with van der Waals surface area (Å²) in [6.45, 7) is 5.30. The molecule has 2 heterocycles. The number of rotatable bonds is 8. The van der Waals surface area contributed by atoms with Crippen LogP contribution < -0.4 is 9.47 Å². The maximum atomic E-state index is 12.2. The van der Waals surface area contributed by atoms with Crippen molar-refractivity contribution in [1.29, 1.82) is 0 Å². The Morgan fingerprint density at radius 1 is 1.28 bits per heavy atom. The molecule has 0 aliphatic carbocycles. The van der Waals surface area contributed by atoms with Crippen LogP contribution in [0.25, 0.3) is 12.2 Å². The van der Waals surface area contributed by atoms with Crippen LogP contribution in [0.3, 0.4) is 0 Å². The molecule has 2 aromatic rings. The summed E-state index contributed by atoms with van der Waals surface area (Å²) in [5.74, 6) is 0.995. The zero-order chi connectivity index (χ0) is 20.8. The van der Waals surface area contributed by atoms with Crippen LogP contribution in [0.5, 0.6) is 11.5 Å². The Morgan fingerprint density at radius 2 is 2.03 bits per heavy atom. The number of ether oxygens (including phenoxy) is 2. The molecule has 9 heteroatoms. The van der Waals surface area contributed by atoms with E-state index in [1.54, 1.807) is 29.2 Å². The smallest absolute Gasteiger partial charge is 0.338 e. The number of hydrogen-bond donors (Lipinski definition) is 0. The van der Waals surface area contributed by atoms with Crippen molar-refractivity contribution in [1.82, 2.24) is 10.1 Å². The van der Waals surface area contributed by atoms with Crippen LogP contribution >= 0.6 is 0 Å². The molecule has 154 valence electrons. The van der Waals surface area contributed by atoms with Gasteiger partial charge >= 0.3 is 5.69 Å². The molecule has 0 bridgehead atoms. The molecule has 0 saturated carbocycles. The average molecular weight is 401 g/mol. The van der Waals surface area contributed by atoms with Crippen LogP contribution in [0.2, 0.25) is 0 Å². The fraction of sp³-hybridized carbons (Fsp3) is 0.400. The molecular weight excluding hydrogens is 378 g/mol. The van der Waals surface area contributed by atoms with Gasteiger partial charge in [-0.3, -0.25) is 14.9 Å². The monoisotopic (exact) mass is 401 g/mol. The minimum absolute atomic E-state index is 0.0399. The van der Waals surface area contributed by atoms with E-state index in [9.17, 15) is 14.9 Å². The Morgan fingerprint density at radius 3 is 2.72 bits per heavy atom. The third kappa shape index (κ3) is 4.92. The molecule has 9 nitrogen and oxygen atoms in total. The molecule has 0 spiro atoms. The summed E-state index contributed by atoms with van der Waals surface area (Å²) in [5.41, 5.74) is 0.790. The molecule has 29 heavy (non-hydrogen) atoms. The van der Waals surface area contributed by atoms with E-state index in [2.05, 4.69) is 5.16 Å². The molecule has 1 aromatic heterocycles. The summed E-state index contributed by atoms with van der Waals surface area (Å²) in [4.78, 5) is 24.6. The zero-order valence-electron chi connectivity index (χ0n) is 16.4. The summed E-state index contributed by atoms with van der Waals surface area (Å²) in [6, 6.07) is 5.22. The van der Waals surface area contributed by atoms with Crippen molar-refractivity contribution < 1.29 is 23.7 Å². The summed E-state index contributed by atoms with van der Waals surface area (Å²) < 4.78 is 16.3. The van der Waals surface area contributed by atoms with Crippen LogP contribution in [0.1, 0.15) is 36.8 Å². The lowest BCUT2D eigenvalue weighted by molar-refractivity contribution is -0.386. The van der Waals surface area contributed by atoms with E-state index in [-0.39, 0.29) is 29.7 Å². The summed E-state index contributed by atoms with van der Waals surface area (Å²) in [6.07, 6.45) is 5.20. The number of amides is 1. The molecule has 0 radical (unpaired) electrons. The van der Waals surface area contributed by atoms with Gasteiger partial charge in [-0.2, -0.15) is 0 Å². The van der Waals surface area contributed by atoms with E-state index in [0.717, 1.165) is 31.5 Å². The van der Waals surface area contributed by atoms with Gasteiger partial charge in [-0.05, 0) is 50.5 Å². The largest absolute Gasteiger partial charge is 0.490 e. The van der Waals surface area contributed by atoms with E-state index in [1.807, 2.05) is 6.92 Å². The molecule has 0 atom stereocenters. The number of hydrogen-bond acceptors (Lipinski definition) is 7. The first-order valence-corrected chi connectivity index (χ1v) is 9.45. The van der Waals surface area contributed by atoms with Gasteiger partial charge in [-0.1, -0.05) is 17.3 Å². The van der Waals surface area contributed by atoms with Crippen LogP contribution in [-0.4, -0.2) is 47.2 Å². The van der Waals surface area contributed by atoms with Gasteiger partial charge in [0.05, 0.1) is 11.5 Å². The first kappa shape index (κ1) is 20.4. The van der Waals surface area contributed by atoms with Crippen molar-refractivity contribution in [2.24, 2.45) is 0 Å². The highest BCUT2D eigenvalue weighted by Gasteiger charge is 2.22. The Hall–Kier alpha value is -3.36. The predicted octanol–water partition coefficient (Wildman–Crippen LogP) is 3.46. The third-order valence-corrected chi connectivity index (χ3v) is 4.54. The number of nitro groups is 1. The summed E-state index contributed by atoms with van der Waals surface area (Å²) in [7, 11) is 0. The number of aryl methyl sites for hydroxylation is 1. The number of nitrogens with zero attached hydrogens (tertiary/aromatic N) is 3. The van der Waals surface area contributed by atoms with Gasteiger partial charge < -0.3 is 18.9 Å². The van der Waals surface area contributed by atoms with Crippen molar-refractivity contribution in [3.05, 3.63) is 45.3 Å². The number of aromatic nitrogens is 1. The second kappa shape index (κ2) is 9.22. The lowest BCUT2D eigenvalue weighted by Crippen LogP contribution is -2.32. The number of benzene rings is 1. The number of carbonyl (C=O) groups is 1. The van der Waals surface area contributed by atoms with Gasteiger partial charge in [0.15, 0.2) is 23.8 Å². The van der Waals surface area contributed by atoms with E-state index < -0.39 is 4.92 Å². The molecule has 1 aliphatic rings. The van der Waals surface area contributed by atoms with Gasteiger partial charge in [0, 0.05) is 13.1 Å². The highest BCUT2D eigenvalue weighted by Crippen LogP contribution is 2.30. The standard InChI is InChI=1S/C20H23N3O6/c1-3-27-18-12-15(7-9-17-20(23(25)26)14(2)21-29-17)6-8-16(18)28-13-19(24)22-10-4-5-11-22/h6-9,12H,3-5,10-11,13H2,1-2H3/b9-7+. The second-order valence-corrected chi connectivity index (χ2v) is 6.59. The highest BCUT2D eigenvalue weighted by molar-refractivity contribution is 5.78. The molecule has 1 aromatic carbocycles. The van der Waals surface area contributed by atoms with Gasteiger partial charge in [-0.15, -0.1) is 0 Å². The fourth-order valence-electron chi connectivity index (χ4n) is 3.10. The van der Waals surface area contributed by atoms with Crippen LogP contribution in [-0.2, 0) is 4.79 Å². The number of carbonyl (C=O) groups excluding carboxylic acids is 1. The minimum Gasteiger partial charge on any atom is -0.490 e. The van der Waals surface area contributed by atoms with Crippen LogP contribution in [0.4, 0.5) is 5.69 Å². The lowest BCUT2D eigenvalue weighted by atomic mass is 10.1. The third-order valence-electron chi connectivity index (χ3n) is 4.54. The Labute approximate surface area is 168 Å². The van der Waals surface area contributed by atoms with Crippen molar-refractivity contribution in [3.8, 4) is 11.5 Å². The van der Waals surface area contributed by atoms with E-state index in [0.29, 0.717) is 18.1 Å². The maximum absolute atomic E-state index is 12.2. The van der Waals surface area contributed by atoms with E-state index in [1.165, 1.54) is 13.0 Å². The first-order chi connectivity index (χ1) is 14.0. The maximum Gasteiger partial charge on any atom is 0.338 e. The quantitative estimate of drug-likeness (QED) is 0.492. The van der Waals surface area contributed by atoms with Crippen LogP contribution in [0, 0.1) is 17.0 Å². The van der Waals surface area contributed by atoms with Gasteiger partial charge in [-0.25, -0.2) is 0 Å². The number of likely N-dealkylation sites (tertiary alicyclic amines) is 1.